The number of fused-ring (bicyclic) bond motifs is 3. The van der Waals surface area contributed by atoms with E-state index in [0.717, 1.165) is 26.9 Å². The lowest BCUT2D eigenvalue weighted by Crippen LogP contribution is -2.22. The minimum atomic E-state index is -0.430. The van der Waals surface area contributed by atoms with Crippen molar-refractivity contribution in [2.75, 3.05) is 0 Å². The normalized spacial score (nSPS) is 11.5. The van der Waals surface area contributed by atoms with Gasteiger partial charge in [-0.25, -0.2) is 0 Å². The van der Waals surface area contributed by atoms with Gasteiger partial charge in [0.15, 0.2) is 0 Å². The largest absolute Gasteiger partial charge is 0.355 e. The first kappa shape index (κ1) is 17.6. The van der Waals surface area contributed by atoms with Crippen LogP contribution in [0.4, 0.5) is 0 Å². The van der Waals surface area contributed by atoms with Crippen molar-refractivity contribution in [2.45, 2.75) is 0 Å². The molecule has 0 saturated carbocycles. The van der Waals surface area contributed by atoms with Crippen LogP contribution >= 0.6 is 0 Å². The highest BCUT2D eigenvalue weighted by Gasteiger charge is 2.11. The van der Waals surface area contributed by atoms with Crippen molar-refractivity contribution in [3.05, 3.63) is 118 Å². The molecule has 1 heterocycles. The number of nitrogens with one attached hydrogen (secondary N) is 1. The number of hydrogen-bond acceptors (Lipinski definition) is 2. The van der Waals surface area contributed by atoms with Gasteiger partial charge in [0.2, 0.25) is 10.9 Å². The van der Waals surface area contributed by atoms with E-state index in [2.05, 4.69) is 53.5 Å². The maximum atomic E-state index is 11.9. The third-order valence-electron chi connectivity index (χ3n) is 5.98. The zero-order chi connectivity index (χ0) is 20.9. The summed E-state index contributed by atoms with van der Waals surface area (Å²) in [6.07, 6.45) is 0. The van der Waals surface area contributed by atoms with Gasteiger partial charge in [-0.15, -0.1) is 0 Å². The molecule has 146 valence electrons. The van der Waals surface area contributed by atoms with E-state index >= 15 is 0 Å². The van der Waals surface area contributed by atoms with Gasteiger partial charge in [-0.1, -0.05) is 72.8 Å². The van der Waals surface area contributed by atoms with Gasteiger partial charge < -0.3 is 4.98 Å². The third kappa shape index (κ3) is 2.67. The molecule has 0 unspecified atom stereocenters. The smallest absolute Gasteiger partial charge is 0.233 e. The molecule has 0 saturated heterocycles. The van der Waals surface area contributed by atoms with Gasteiger partial charge in [0.05, 0.1) is 0 Å². The Balaban J connectivity index is 0.000000126. The highest BCUT2D eigenvalue weighted by Crippen LogP contribution is 2.32. The van der Waals surface area contributed by atoms with E-state index in [4.69, 9.17) is 0 Å². The summed E-state index contributed by atoms with van der Waals surface area (Å²) in [6, 6.07) is 31.8. The first-order chi connectivity index (χ1) is 15.2. The van der Waals surface area contributed by atoms with Crippen molar-refractivity contribution in [3.63, 3.8) is 0 Å². The molecule has 0 aliphatic heterocycles. The van der Waals surface area contributed by atoms with Crippen molar-refractivity contribution in [3.8, 4) is 0 Å². The molecule has 0 spiro atoms. The van der Waals surface area contributed by atoms with Crippen LogP contribution in [0.3, 0.4) is 0 Å². The van der Waals surface area contributed by atoms with Crippen molar-refractivity contribution in [1.29, 1.82) is 0 Å². The topological polar surface area (TPSA) is 49.9 Å². The van der Waals surface area contributed by atoms with E-state index in [1.807, 2.05) is 36.4 Å². The Morgan fingerprint density at radius 3 is 1.74 bits per heavy atom. The molecule has 3 heteroatoms. The van der Waals surface area contributed by atoms with Gasteiger partial charge in [0, 0.05) is 32.6 Å². The van der Waals surface area contributed by atoms with Crippen molar-refractivity contribution in [1.82, 2.24) is 4.98 Å². The number of aromatic amines is 1. The Kier molecular flexibility index (Phi) is 3.77. The fraction of sp³-hybridized carbons (Fsp3) is 0. The van der Waals surface area contributed by atoms with E-state index in [-0.39, 0.29) is 0 Å². The van der Waals surface area contributed by atoms with Crippen LogP contribution in [0.2, 0.25) is 0 Å². The first-order valence-electron chi connectivity index (χ1n) is 10.2. The SMILES string of the molecule is O=c1cc2ccc3cccc4ccc(c1=O)c2c34.c1ccc2c(c1)[nH]c1ccccc12. The van der Waals surface area contributed by atoms with Crippen LogP contribution < -0.4 is 10.9 Å². The van der Waals surface area contributed by atoms with Gasteiger partial charge in [0.25, 0.3) is 0 Å². The zero-order valence-corrected chi connectivity index (χ0v) is 16.6. The monoisotopic (exact) mass is 399 g/mol. The van der Waals surface area contributed by atoms with Crippen molar-refractivity contribution < 1.29 is 0 Å². The molecule has 0 fully saturated rings. The maximum Gasteiger partial charge on any atom is 0.233 e. The summed E-state index contributed by atoms with van der Waals surface area (Å²) in [6.45, 7) is 0. The van der Waals surface area contributed by atoms with Crippen LogP contribution in [-0.2, 0) is 0 Å². The Morgan fingerprint density at radius 1 is 0.484 bits per heavy atom. The molecule has 1 aromatic heterocycles. The number of rotatable bonds is 0. The molecule has 0 atom stereocenters. The minimum absolute atomic E-state index is 0.402. The molecule has 0 aliphatic carbocycles. The van der Waals surface area contributed by atoms with Crippen molar-refractivity contribution >= 4 is 54.1 Å². The zero-order valence-electron chi connectivity index (χ0n) is 16.6. The average Bonchev–Trinajstić information content (AvgIpc) is 3.19. The molecular weight excluding hydrogens is 382 g/mol. The average molecular weight is 399 g/mol. The van der Waals surface area contributed by atoms with Crippen LogP contribution in [0.1, 0.15) is 0 Å². The summed E-state index contributed by atoms with van der Waals surface area (Å²) < 4.78 is 0. The van der Waals surface area contributed by atoms with E-state index in [1.165, 1.54) is 27.9 Å². The minimum Gasteiger partial charge on any atom is -0.355 e. The number of aromatic nitrogens is 1. The summed E-state index contributed by atoms with van der Waals surface area (Å²) in [4.78, 5) is 26.9. The molecule has 7 aromatic rings. The fourth-order valence-corrected chi connectivity index (χ4v) is 4.56. The van der Waals surface area contributed by atoms with Gasteiger partial charge in [-0.05, 0) is 45.8 Å². The molecule has 6 aromatic carbocycles. The van der Waals surface area contributed by atoms with Gasteiger partial charge >= 0.3 is 0 Å². The summed E-state index contributed by atoms with van der Waals surface area (Å²) in [5, 5.41) is 8.17. The quantitative estimate of drug-likeness (QED) is 0.249. The molecular formula is C28H17NO2. The Morgan fingerprint density at radius 2 is 1.06 bits per heavy atom. The molecule has 31 heavy (non-hydrogen) atoms. The molecule has 7 rings (SSSR count). The first-order valence-corrected chi connectivity index (χ1v) is 10.2. The van der Waals surface area contributed by atoms with Crippen LogP contribution in [0.5, 0.6) is 0 Å². The lowest BCUT2D eigenvalue weighted by atomic mass is 9.94. The van der Waals surface area contributed by atoms with E-state index in [1.54, 1.807) is 6.07 Å². The predicted octanol–water partition coefficient (Wildman–Crippen LogP) is 6.06. The Labute approximate surface area is 176 Å². The van der Waals surface area contributed by atoms with Crippen LogP contribution in [0, 0.1) is 0 Å². The maximum absolute atomic E-state index is 11.9. The fourth-order valence-electron chi connectivity index (χ4n) is 4.56. The summed E-state index contributed by atoms with van der Waals surface area (Å²) in [7, 11) is 0. The van der Waals surface area contributed by atoms with Crippen molar-refractivity contribution in [2.24, 2.45) is 0 Å². The second kappa shape index (κ2) is 6.64. The number of H-pyrrole nitrogens is 1. The van der Waals surface area contributed by atoms with Gasteiger partial charge in [-0.3, -0.25) is 9.59 Å². The molecule has 3 nitrogen and oxygen atoms in total. The summed E-state index contributed by atoms with van der Waals surface area (Å²) in [5.41, 5.74) is 1.59. The molecule has 0 bridgehead atoms. The number of benzene rings is 6. The van der Waals surface area contributed by atoms with Gasteiger partial charge in [0.1, 0.15) is 0 Å². The van der Waals surface area contributed by atoms with Crippen LogP contribution in [-0.4, -0.2) is 4.98 Å². The highest BCUT2D eigenvalue weighted by molar-refractivity contribution is 6.22. The van der Waals surface area contributed by atoms with E-state index < -0.39 is 10.9 Å². The lowest BCUT2D eigenvalue weighted by Gasteiger charge is -2.08. The molecule has 0 amide bonds. The molecule has 0 radical (unpaired) electrons. The summed E-state index contributed by atoms with van der Waals surface area (Å²) >= 11 is 0. The van der Waals surface area contributed by atoms with Gasteiger partial charge in [-0.2, -0.15) is 0 Å². The summed E-state index contributed by atoms with van der Waals surface area (Å²) in [5.74, 6) is 0. The third-order valence-corrected chi connectivity index (χ3v) is 5.98. The number of para-hydroxylation sites is 2. The molecule has 1 N–H and O–H groups in total. The van der Waals surface area contributed by atoms with Crippen LogP contribution in [0.15, 0.2) is 107 Å². The second-order valence-corrected chi connectivity index (χ2v) is 7.78. The van der Waals surface area contributed by atoms with Crippen LogP contribution in [0.25, 0.3) is 54.1 Å². The standard InChI is InChI=1S/C16H8O2.C12H9N/c17-13-8-11-5-4-9-2-1-3-10-6-7-12(16(13)18)15(11)14(9)10;1-3-7-11-9(5-1)10-6-2-4-8-12(10)13-11/h1-8H;1-8,13H. The highest BCUT2D eigenvalue weighted by atomic mass is 16.2. The predicted molar refractivity (Wildman–Crippen MR) is 130 cm³/mol. The second-order valence-electron chi connectivity index (χ2n) is 7.78. The Hall–Kier alpha value is -4.24. The lowest BCUT2D eigenvalue weighted by molar-refractivity contribution is 1.55. The Bertz CT molecular complexity index is 1770. The molecule has 0 aliphatic rings. The van der Waals surface area contributed by atoms with E-state index in [9.17, 15) is 9.59 Å². The number of hydrogen-bond donors (Lipinski definition) is 1. The van der Waals surface area contributed by atoms with E-state index in [0.29, 0.717) is 5.39 Å².